The molecule has 72 valence electrons. The van der Waals surface area contributed by atoms with Gasteiger partial charge in [0.25, 0.3) is 0 Å². The van der Waals surface area contributed by atoms with Crippen LogP contribution in [-0.2, 0) is 4.74 Å². The third-order valence-corrected chi connectivity index (χ3v) is 1.73. The monoisotopic (exact) mass is 191 g/mol. The summed E-state index contributed by atoms with van der Waals surface area (Å²) in [6.45, 7) is 2.81. The molecule has 0 aliphatic heterocycles. The van der Waals surface area contributed by atoms with Gasteiger partial charge in [-0.15, -0.1) is 0 Å². The van der Waals surface area contributed by atoms with Gasteiger partial charge in [0.2, 0.25) is 0 Å². The first-order valence-electron chi connectivity index (χ1n) is 4.36. The first-order chi connectivity index (χ1) is 5.91. The molecule has 0 rings (SSSR count). The van der Waals surface area contributed by atoms with Crippen molar-refractivity contribution in [2.75, 3.05) is 26.8 Å². The van der Waals surface area contributed by atoms with E-state index in [9.17, 15) is 0 Å². The quantitative estimate of drug-likeness (QED) is 0.594. The SMILES string of the molecule is COCCCCCNC/C=C/Cl. The molecule has 0 spiro atoms. The minimum absolute atomic E-state index is 0.869. The Morgan fingerprint density at radius 3 is 2.83 bits per heavy atom. The first kappa shape index (κ1) is 11.9. The number of unbranched alkanes of at least 4 members (excludes halogenated alkanes) is 2. The third-order valence-electron chi connectivity index (χ3n) is 1.55. The lowest BCUT2D eigenvalue weighted by Crippen LogP contribution is -2.14. The van der Waals surface area contributed by atoms with Crippen molar-refractivity contribution in [1.29, 1.82) is 0 Å². The van der Waals surface area contributed by atoms with Crippen molar-refractivity contribution < 1.29 is 4.74 Å². The van der Waals surface area contributed by atoms with E-state index in [1.807, 2.05) is 6.08 Å². The topological polar surface area (TPSA) is 21.3 Å². The smallest absolute Gasteiger partial charge is 0.0462 e. The highest BCUT2D eigenvalue weighted by molar-refractivity contribution is 6.25. The van der Waals surface area contributed by atoms with Crippen molar-refractivity contribution in [1.82, 2.24) is 5.32 Å². The van der Waals surface area contributed by atoms with Crippen LogP contribution in [0.3, 0.4) is 0 Å². The summed E-state index contributed by atoms with van der Waals surface area (Å²) < 4.78 is 4.94. The molecule has 0 radical (unpaired) electrons. The molecule has 0 amide bonds. The molecule has 0 aromatic carbocycles. The van der Waals surface area contributed by atoms with Crippen molar-refractivity contribution in [3.05, 3.63) is 11.6 Å². The predicted molar refractivity (Wildman–Crippen MR) is 53.6 cm³/mol. The lowest BCUT2D eigenvalue weighted by atomic mass is 10.2. The van der Waals surface area contributed by atoms with Crippen LogP contribution in [0.15, 0.2) is 11.6 Å². The number of ether oxygens (including phenoxy) is 1. The van der Waals surface area contributed by atoms with Gasteiger partial charge in [0.1, 0.15) is 0 Å². The molecule has 3 heteroatoms. The van der Waals surface area contributed by atoms with E-state index in [1.165, 1.54) is 18.4 Å². The van der Waals surface area contributed by atoms with Gasteiger partial charge >= 0.3 is 0 Å². The zero-order chi connectivity index (χ0) is 9.07. The summed E-state index contributed by atoms with van der Waals surface area (Å²) in [5.41, 5.74) is 1.54. The Bertz CT molecular complexity index is 107. The molecule has 0 aliphatic rings. The molecule has 0 aromatic rings. The summed E-state index contributed by atoms with van der Waals surface area (Å²) in [5.74, 6) is 0. The van der Waals surface area contributed by atoms with E-state index in [0.29, 0.717) is 0 Å². The van der Waals surface area contributed by atoms with Crippen LogP contribution in [0.2, 0.25) is 0 Å². The molecule has 0 atom stereocenters. The Morgan fingerprint density at radius 1 is 1.33 bits per heavy atom. The average molecular weight is 192 g/mol. The maximum absolute atomic E-state index is 5.35. The van der Waals surface area contributed by atoms with E-state index in [2.05, 4.69) is 5.32 Å². The lowest BCUT2D eigenvalue weighted by molar-refractivity contribution is 0.192. The van der Waals surface area contributed by atoms with Gasteiger partial charge in [0.05, 0.1) is 0 Å². The zero-order valence-electron chi connectivity index (χ0n) is 7.68. The van der Waals surface area contributed by atoms with E-state index in [1.54, 1.807) is 7.11 Å². The predicted octanol–water partition coefficient (Wildman–Crippen LogP) is 2.15. The van der Waals surface area contributed by atoms with Crippen LogP contribution in [-0.4, -0.2) is 26.8 Å². The maximum atomic E-state index is 5.35. The van der Waals surface area contributed by atoms with Crippen LogP contribution in [0.5, 0.6) is 0 Å². The highest BCUT2D eigenvalue weighted by atomic mass is 35.5. The Labute approximate surface area is 79.9 Å². The Morgan fingerprint density at radius 2 is 2.17 bits per heavy atom. The van der Waals surface area contributed by atoms with Gasteiger partial charge in [0.15, 0.2) is 0 Å². The van der Waals surface area contributed by atoms with Crippen LogP contribution < -0.4 is 5.32 Å². The van der Waals surface area contributed by atoms with Gasteiger partial charge in [-0.25, -0.2) is 0 Å². The molecule has 0 bridgehead atoms. The summed E-state index contributed by atoms with van der Waals surface area (Å²) >= 11 is 5.35. The number of hydrogen-bond donors (Lipinski definition) is 1. The standard InChI is InChI=1S/C9H18ClNO/c1-12-9-4-2-3-7-11-8-5-6-10/h5-6,11H,2-4,7-9H2,1H3/b6-5+. The number of rotatable bonds is 8. The molecule has 0 aliphatic carbocycles. The van der Waals surface area contributed by atoms with Crippen molar-refractivity contribution in [3.63, 3.8) is 0 Å². The van der Waals surface area contributed by atoms with Crippen molar-refractivity contribution in [2.24, 2.45) is 0 Å². The van der Waals surface area contributed by atoms with E-state index in [0.717, 1.165) is 26.1 Å². The van der Waals surface area contributed by atoms with E-state index in [4.69, 9.17) is 16.3 Å². The highest BCUT2D eigenvalue weighted by Crippen LogP contribution is 1.93. The summed E-state index contributed by atoms with van der Waals surface area (Å²) in [6, 6.07) is 0. The second-order valence-corrected chi connectivity index (χ2v) is 2.87. The van der Waals surface area contributed by atoms with Gasteiger partial charge in [-0.1, -0.05) is 17.7 Å². The summed E-state index contributed by atoms with van der Waals surface area (Å²) in [6.07, 6.45) is 5.49. The molecule has 0 saturated heterocycles. The van der Waals surface area contributed by atoms with Crippen molar-refractivity contribution >= 4 is 11.6 Å². The molecular weight excluding hydrogens is 174 g/mol. The number of halogens is 1. The lowest BCUT2D eigenvalue weighted by Gasteiger charge is -2.00. The molecule has 0 saturated carbocycles. The average Bonchev–Trinajstić information content (AvgIpc) is 2.10. The van der Waals surface area contributed by atoms with Crippen LogP contribution in [0.25, 0.3) is 0 Å². The number of methoxy groups -OCH3 is 1. The fourth-order valence-electron chi connectivity index (χ4n) is 0.903. The first-order valence-corrected chi connectivity index (χ1v) is 4.80. The molecule has 0 heterocycles. The van der Waals surface area contributed by atoms with Gasteiger partial charge in [-0.2, -0.15) is 0 Å². The minimum atomic E-state index is 0.869. The van der Waals surface area contributed by atoms with Crippen LogP contribution in [0.4, 0.5) is 0 Å². The van der Waals surface area contributed by atoms with Crippen molar-refractivity contribution in [2.45, 2.75) is 19.3 Å². The summed E-state index contributed by atoms with van der Waals surface area (Å²) in [7, 11) is 1.74. The van der Waals surface area contributed by atoms with Gasteiger partial charge in [-0.05, 0) is 25.8 Å². The molecule has 2 nitrogen and oxygen atoms in total. The number of hydrogen-bond acceptors (Lipinski definition) is 2. The van der Waals surface area contributed by atoms with E-state index in [-0.39, 0.29) is 0 Å². The van der Waals surface area contributed by atoms with E-state index >= 15 is 0 Å². The molecule has 0 unspecified atom stereocenters. The third kappa shape index (κ3) is 9.95. The van der Waals surface area contributed by atoms with Crippen LogP contribution in [0.1, 0.15) is 19.3 Å². The largest absolute Gasteiger partial charge is 0.385 e. The molecular formula is C9H18ClNO. The molecule has 1 N–H and O–H groups in total. The molecule has 0 aromatic heterocycles. The molecule has 0 fully saturated rings. The number of nitrogens with one attached hydrogen (secondary N) is 1. The fraction of sp³-hybridized carbons (Fsp3) is 0.778. The van der Waals surface area contributed by atoms with Gasteiger partial charge in [-0.3, -0.25) is 0 Å². The van der Waals surface area contributed by atoms with Crippen LogP contribution in [0, 0.1) is 0 Å². The van der Waals surface area contributed by atoms with Gasteiger partial charge < -0.3 is 10.1 Å². The molecule has 12 heavy (non-hydrogen) atoms. The maximum Gasteiger partial charge on any atom is 0.0462 e. The van der Waals surface area contributed by atoms with Crippen LogP contribution >= 0.6 is 11.6 Å². The Balaban J connectivity index is 2.81. The second-order valence-electron chi connectivity index (χ2n) is 2.62. The summed E-state index contributed by atoms with van der Waals surface area (Å²) in [4.78, 5) is 0. The fourth-order valence-corrected chi connectivity index (χ4v) is 0.992. The normalized spacial score (nSPS) is 11.2. The second kappa shape index (κ2) is 11.0. The van der Waals surface area contributed by atoms with Crippen molar-refractivity contribution in [3.8, 4) is 0 Å². The summed E-state index contributed by atoms with van der Waals surface area (Å²) in [5, 5.41) is 3.25. The van der Waals surface area contributed by atoms with E-state index < -0.39 is 0 Å². The van der Waals surface area contributed by atoms with Gasteiger partial charge in [0, 0.05) is 25.8 Å². The zero-order valence-corrected chi connectivity index (χ0v) is 8.44. The Hall–Kier alpha value is -0.0500. The Kier molecular flexibility index (Phi) is 10.9. The highest BCUT2D eigenvalue weighted by Gasteiger charge is 1.87. The minimum Gasteiger partial charge on any atom is -0.385 e.